The number of aryl methyl sites for hydroxylation is 1. The van der Waals surface area contributed by atoms with E-state index in [1.807, 2.05) is 18.5 Å². The minimum absolute atomic E-state index is 0.334. The molecule has 0 spiro atoms. The first-order chi connectivity index (χ1) is 11.9. The van der Waals surface area contributed by atoms with Gasteiger partial charge in [-0.2, -0.15) is 0 Å². The minimum Gasteiger partial charge on any atom is -0.374 e. The SMILES string of the molecule is CC(C)c1nc(CCNS(=O)(=O)c2ccc3c(c2)N(C)CCC3)cs1. The number of benzene rings is 1. The molecule has 0 fully saturated rings. The summed E-state index contributed by atoms with van der Waals surface area (Å²) in [7, 11) is -1.49. The largest absolute Gasteiger partial charge is 0.374 e. The van der Waals surface area contributed by atoms with Crippen molar-refractivity contribution in [1.29, 1.82) is 0 Å². The molecular formula is C18H25N3O2S2. The molecule has 0 aliphatic carbocycles. The third-order valence-corrected chi connectivity index (χ3v) is 7.11. The lowest BCUT2D eigenvalue weighted by Gasteiger charge is -2.27. The highest BCUT2D eigenvalue weighted by atomic mass is 32.2. The zero-order chi connectivity index (χ0) is 18.0. The van der Waals surface area contributed by atoms with Gasteiger partial charge in [0, 0.05) is 43.5 Å². The number of nitrogens with one attached hydrogen (secondary N) is 1. The Morgan fingerprint density at radius 3 is 2.88 bits per heavy atom. The zero-order valence-electron chi connectivity index (χ0n) is 14.9. The Morgan fingerprint density at radius 1 is 1.36 bits per heavy atom. The normalized spacial score (nSPS) is 14.8. The molecule has 7 heteroatoms. The van der Waals surface area contributed by atoms with Crippen LogP contribution in [0.2, 0.25) is 0 Å². The van der Waals surface area contributed by atoms with Gasteiger partial charge in [-0.25, -0.2) is 18.1 Å². The number of fused-ring (bicyclic) bond motifs is 1. The highest BCUT2D eigenvalue weighted by Crippen LogP contribution is 2.28. The van der Waals surface area contributed by atoms with Crippen LogP contribution < -0.4 is 9.62 Å². The van der Waals surface area contributed by atoms with Crippen molar-refractivity contribution in [2.24, 2.45) is 0 Å². The van der Waals surface area contributed by atoms with Gasteiger partial charge < -0.3 is 4.90 Å². The average molecular weight is 380 g/mol. The molecular weight excluding hydrogens is 354 g/mol. The van der Waals surface area contributed by atoms with Crippen LogP contribution in [-0.4, -0.2) is 33.5 Å². The van der Waals surface area contributed by atoms with Crippen LogP contribution in [0.25, 0.3) is 0 Å². The topological polar surface area (TPSA) is 62.3 Å². The predicted octanol–water partition coefficient (Wildman–Crippen LogP) is 3.17. The van der Waals surface area contributed by atoms with Crippen LogP contribution in [0.4, 0.5) is 5.69 Å². The van der Waals surface area contributed by atoms with Crippen molar-refractivity contribution in [3.05, 3.63) is 39.8 Å². The third-order valence-electron chi connectivity index (χ3n) is 4.45. The summed E-state index contributed by atoms with van der Waals surface area (Å²) in [5.74, 6) is 0.405. The van der Waals surface area contributed by atoms with Gasteiger partial charge in [0.1, 0.15) is 0 Å². The van der Waals surface area contributed by atoms with E-state index in [1.54, 1.807) is 23.5 Å². The van der Waals surface area contributed by atoms with Crippen molar-refractivity contribution in [2.75, 3.05) is 25.0 Å². The molecule has 0 bridgehead atoms. The zero-order valence-corrected chi connectivity index (χ0v) is 16.6. The summed E-state index contributed by atoms with van der Waals surface area (Å²) in [6, 6.07) is 5.44. The molecule has 1 aromatic heterocycles. The van der Waals surface area contributed by atoms with Crippen molar-refractivity contribution in [3.8, 4) is 0 Å². The first-order valence-electron chi connectivity index (χ1n) is 8.65. The molecule has 2 heterocycles. The number of sulfonamides is 1. The van der Waals surface area contributed by atoms with Crippen molar-refractivity contribution >= 4 is 27.0 Å². The molecule has 1 aliphatic rings. The second kappa shape index (κ2) is 7.43. The van der Waals surface area contributed by atoms with Gasteiger partial charge in [-0.15, -0.1) is 11.3 Å². The Hall–Kier alpha value is -1.44. The fourth-order valence-electron chi connectivity index (χ4n) is 3.00. The molecule has 0 saturated heterocycles. The number of hydrogen-bond donors (Lipinski definition) is 1. The molecule has 1 aromatic carbocycles. The van der Waals surface area contributed by atoms with Crippen LogP contribution in [0.1, 0.15) is 42.5 Å². The maximum Gasteiger partial charge on any atom is 0.240 e. The lowest BCUT2D eigenvalue weighted by Crippen LogP contribution is -2.28. The summed E-state index contributed by atoms with van der Waals surface area (Å²) in [6.45, 7) is 5.54. The highest BCUT2D eigenvalue weighted by Gasteiger charge is 2.19. The van der Waals surface area contributed by atoms with Gasteiger partial charge in [-0.3, -0.25) is 0 Å². The molecule has 1 aliphatic heterocycles. The van der Waals surface area contributed by atoms with E-state index >= 15 is 0 Å². The fourth-order valence-corrected chi connectivity index (χ4v) is 4.93. The van der Waals surface area contributed by atoms with Crippen molar-refractivity contribution in [3.63, 3.8) is 0 Å². The molecule has 2 aromatic rings. The van der Waals surface area contributed by atoms with E-state index < -0.39 is 10.0 Å². The molecule has 1 N–H and O–H groups in total. The smallest absolute Gasteiger partial charge is 0.240 e. The second-order valence-corrected chi connectivity index (χ2v) is 9.45. The first kappa shape index (κ1) is 18.4. The maximum atomic E-state index is 12.6. The Morgan fingerprint density at radius 2 is 2.16 bits per heavy atom. The fraction of sp³-hybridized carbons (Fsp3) is 0.500. The van der Waals surface area contributed by atoms with Crippen LogP contribution in [0.5, 0.6) is 0 Å². The highest BCUT2D eigenvalue weighted by molar-refractivity contribution is 7.89. The quantitative estimate of drug-likeness (QED) is 0.837. The number of anilines is 1. The minimum atomic E-state index is -3.50. The van der Waals surface area contributed by atoms with Crippen LogP contribution >= 0.6 is 11.3 Å². The van der Waals surface area contributed by atoms with E-state index in [9.17, 15) is 8.42 Å². The molecule has 0 saturated carbocycles. The van der Waals surface area contributed by atoms with Crippen molar-refractivity contribution in [1.82, 2.24) is 9.71 Å². The average Bonchev–Trinajstić information content (AvgIpc) is 3.04. The Labute approximate surface area is 154 Å². The number of nitrogens with zero attached hydrogens (tertiary/aromatic N) is 2. The van der Waals surface area contributed by atoms with Gasteiger partial charge in [0.05, 0.1) is 15.6 Å². The van der Waals surface area contributed by atoms with Crippen molar-refractivity contribution < 1.29 is 8.42 Å². The second-order valence-electron chi connectivity index (χ2n) is 6.80. The number of thiazole rings is 1. The molecule has 25 heavy (non-hydrogen) atoms. The van der Waals surface area contributed by atoms with Gasteiger partial charge in [0.15, 0.2) is 0 Å². The maximum absolute atomic E-state index is 12.6. The Balaban J connectivity index is 1.66. The molecule has 136 valence electrons. The number of aromatic nitrogens is 1. The lowest BCUT2D eigenvalue weighted by molar-refractivity contribution is 0.581. The summed E-state index contributed by atoms with van der Waals surface area (Å²) in [4.78, 5) is 7.01. The molecule has 0 unspecified atom stereocenters. The van der Waals surface area contributed by atoms with E-state index in [-0.39, 0.29) is 0 Å². The van der Waals surface area contributed by atoms with Crippen molar-refractivity contribution in [2.45, 2.75) is 43.9 Å². The van der Waals surface area contributed by atoms with E-state index in [4.69, 9.17) is 0 Å². The summed E-state index contributed by atoms with van der Waals surface area (Å²) >= 11 is 1.63. The van der Waals surface area contributed by atoms with Gasteiger partial charge in [0.25, 0.3) is 0 Å². The molecule has 0 amide bonds. The van der Waals surface area contributed by atoms with Gasteiger partial charge in [-0.1, -0.05) is 19.9 Å². The Bertz CT molecular complexity index is 844. The third kappa shape index (κ3) is 4.22. The Kier molecular flexibility index (Phi) is 5.46. The lowest BCUT2D eigenvalue weighted by atomic mass is 10.0. The number of hydrogen-bond acceptors (Lipinski definition) is 5. The first-order valence-corrected chi connectivity index (χ1v) is 11.0. The molecule has 0 radical (unpaired) electrons. The van der Waals surface area contributed by atoms with E-state index in [0.29, 0.717) is 23.8 Å². The van der Waals surface area contributed by atoms with Gasteiger partial charge >= 0.3 is 0 Å². The van der Waals surface area contributed by atoms with Crippen LogP contribution in [0.15, 0.2) is 28.5 Å². The van der Waals surface area contributed by atoms with E-state index in [0.717, 1.165) is 35.8 Å². The van der Waals surface area contributed by atoms with Crippen LogP contribution in [0.3, 0.4) is 0 Å². The summed E-state index contributed by atoms with van der Waals surface area (Å²) in [5, 5.41) is 3.10. The summed E-state index contributed by atoms with van der Waals surface area (Å²) in [5.41, 5.74) is 3.19. The summed E-state index contributed by atoms with van der Waals surface area (Å²) < 4.78 is 27.9. The standard InChI is InChI=1S/C18H25N3O2S2/c1-13(2)18-20-15(12-24-18)8-9-19-25(22,23)16-7-6-14-5-4-10-21(3)17(14)11-16/h6-7,11-13,19H,4-5,8-10H2,1-3H3. The summed E-state index contributed by atoms with van der Waals surface area (Å²) in [6.07, 6.45) is 2.72. The van der Waals surface area contributed by atoms with Crippen LogP contribution in [-0.2, 0) is 22.9 Å². The number of rotatable bonds is 6. The predicted molar refractivity (Wildman–Crippen MR) is 103 cm³/mol. The van der Waals surface area contributed by atoms with Gasteiger partial charge in [-0.05, 0) is 30.5 Å². The van der Waals surface area contributed by atoms with Gasteiger partial charge in [0.2, 0.25) is 10.0 Å². The van der Waals surface area contributed by atoms with E-state index in [2.05, 4.69) is 28.5 Å². The molecule has 5 nitrogen and oxygen atoms in total. The van der Waals surface area contributed by atoms with Crippen LogP contribution in [0, 0.1) is 0 Å². The molecule has 0 atom stereocenters. The molecule has 3 rings (SSSR count). The van der Waals surface area contributed by atoms with E-state index in [1.165, 1.54) is 5.56 Å². The monoisotopic (exact) mass is 379 g/mol.